The van der Waals surface area contributed by atoms with Gasteiger partial charge in [0.25, 0.3) is 5.56 Å². The van der Waals surface area contributed by atoms with Crippen molar-refractivity contribution in [2.75, 3.05) is 19.0 Å². The van der Waals surface area contributed by atoms with Crippen LogP contribution in [0.15, 0.2) is 40.1 Å². The smallest absolute Gasteiger partial charge is 0.330 e. The van der Waals surface area contributed by atoms with E-state index in [1.807, 2.05) is 4.98 Å². The van der Waals surface area contributed by atoms with E-state index < -0.39 is 23.3 Å². The van der Waals surface area contributed by atoms with Gasteiger partial charge in [-0.25, -0.2) is 4.79 Å². The lowest BCUT2D eigenvalue weighted by Crippen LogP contribution is -2.36. The van der Waals surface area contributed by atoms with E-state index in [1.165, 1.54) is 7.11 Å². The molecule has 22 heavy (non-hydrogen) atoms. The van der Waals surface area contributed by atoms with Crippen LogP contribution < -0.4 is 16.6 Å². The molecule has 0 aliphatic heterocycles. The quantitative estimate of drug-likeness (QED) is 0.719. The molecule has 118 valence electrons. The van der Waals surface area contributed by atoms with Crippen molar-refractivity contribution in [3.05, 3.63) is 62.7 Å². The first-order valence-corrected chi connectivity index (χ1v) is 6.53. The third-order valence-corrected chi connectivity index (χ3v) is 3.16. The van der Waals surface area contributed by atoms with Gasteiger partial charge >= 0.3 is 5.69 Å². The minimum Gasteiger partial charge on any atom is -0.392 e. The zero-order valence-corrected chi connectivity index (χ0v) is 11.9. The summed E-state index contributed by atoms with van der Waals surface area (Å²) >= 11 is 0. The molecule has 0 saturated carbocycles. The van der Waals surface area contributed by atoms with Crippen molar-refractivity contribution in [2.24, 2.45) is 0 Å². The zero-order chi connectivity index (χ0) is 16.1. The number of ether oxygens (including phenoxy) is 1. The van der Waals surface area contributed by atoms with Gasteiger partial charge in [0.1, 0.15) is 0 Å². The number of benzene rings is 1. The van der Waals surface area contributed by atoms with Gasteiger partial charge in [-0.15, -0.1) is 0 Å². The van der Waals surface area contributed by atoms with Gasteiger partial charge in [0, 0.05) is 18.4 Å². The molecule has 0 bridgehead atoms. The highest BCUT2D eigenvalue weighted by Gasteiger charge is 2.14. The van der Waals surface area contributed by atoms with Gasteiger partial charge in [-0.05, 0) is 6.07 Å². The molecule has 2 rings (SSSR count). The second-order valence-electron chi connectivity index (χ2n) is 4.53. The van der Waals surface area contributed by atoms with E-state index in [9.17, 15) is 19.1 Å². The molecule has 0 fully saturated rings. The number of nitrogens with zero attached hydrogens (tertiary/aromatic N) is 1. The maximum Gasteiger partial charge on any atom is 0.330 e. The number of aliphatic hydroxyl groups excluding tert-OH is 1. The first kappa shape index (κ1) is 15.9. The van der Waals surface area contributed by atoms with Gasteiger partial charge in [0.15, 0.2) is 6.23 Å². The monoisotopic (exact) mass is 309 g/mol. The van der Waals surface area contributed by atoms with Crippen molar-refractivity contribution in [1.29, 1.82) is 0 Å². The largest absolute Gasteiger partial charge is 0.392 e. The van der Waals surface area contributed by atoms with Crippen LogP contribution in [-0.2, 0) is 11.3 Å². The van der Waals surface area contributed by atoms with Crippen molar-refractivity contribution in [2.45, 2.75) is 12.8 Å². The fourth-order valence-electron chi connectivity index (χ4n) is 2.00. The first-order valence-electron chi connectivity index (χ1n) is 6.53. The van der Waals surface area contributed by atoms with Crippen molar-refractivity contribution in [3.63, 3.8) is 0 Å². The number of para-hydroxylation sites is 1. The Labute approximate surface area is 125 Å². The van der Waals surface area contributed by atoms with Crippen LogP contribution in [0.1, 0.15) is 11.8 Å². The van der Waals surface area contributed by atoms with Gasteiger partial charge in [-0.1, -0.05) is 18.2 Å². The molecule has 0 radical (unpaired) electrons. The van der Waals surface area contributed by atoms with Gasteiger partial charge in [0.2, 0.25) is 5.82 Å². The number of aromatic amines is 1. The molecular formula is C14H16FN3O4. The van der Waals surface area contributed by atoms with E-state index in [0.717, 1.165) is 10.8 Å². The molecule has 7 nitrogen and oxygen atoms in total. The van der Waals surface area contributed by atoms with Gasteiger partial charge in [0.05, 0.1) is 19.3 Å². The van der Waals surface area contributed by atoms with Crippen LogP contribution in [0.3, 0.4) is 0 Å². The number of hydrogen-bond acceptors (Lipinski definition) is 5. The Hall–Kier alpha value is -2.45. The fourth-order valence-corrected chi connectivity index (χ4v) is 2.00. The summed E-state index contributed by atoms with van der Waals surface area (Å²) in [4.78, 5) is 24.6. The fraction of sp³-hybridized carbons (Fsp3) is 0.286. The van der Waals surface area contributed by atoms with Crippen LogP contribution in [0.4, 0.5) is 10.1 Å². The molecule has 0 saturated heterocycles. The number of hydrogen-bond donors (Lipinski definition) is 3. The Morgan fingerprint density at radius 2 is 2.14 bits per heavy atom. The third kappa shape index (κ3) is 3.41. The summed E-state index contributed by atoms with van der Waals surface area (Å²) in [6.07, 6.45) is -0.0276. The lowest BCUT2D eigenvalue weighted by Gasteiger charge is -2.20. The van der Waals surface area contributed by atoms with Crippen LogP contribution in [0.5, 0.6) is 0 Å². The van der Waals surface area contributed by atoms with Crippen LogP contribution in [-0.4, -0.2) is 28.3 Å². The molecule has 0 aliphatic carbocycles. The van der Waals surface area contributed by atoms with Gasteiger partial charge in [-0.3, -0.25) is 14.3 Å². The number of aliphatic hydroxyl groups is 1. The minimum absolute atomic E-state index is 0.138. The average molecular weight is 309 g/mol. The molecule has 0 spiro atoms. The van der Waals surface area contributed by atoms with Crippen molar-refractivity contribution in [1.82, 2.24) is 9.55 Å². The summed E-state index contributed by atoms with van der Waals surface area (Å²) < 4.78 is 19.4. The van der Waals surface area contributed by atoms with E-state index >= 15 is 0 Å². The summed E-state index contributed by atoms with van der Waals surface area (Å²) in [5.74, 6) is -1.07. The Morgan fingerprint density at radius 1 is 1.41 bits per heavy atom. The van der Waals surface area contributed by atoms with Crippen LogP contribution in [0.25, 0.3) is 0 Å². The second kappa shape index (κ2) is 7.01. The van der Waals surface area contributed by atoms with Crippen LogP contribution >= 0.6 is 0 Å². The van der Waals surface area contributed by atoms with Crippen molar-refractivity contribution in [3.8, 4) is 0 Å². The molecule has 1 heterocycles. The lowest BCUT2D eigenvalue weighted by atomic mass is 10.2. The average Bonchev–Trinajstić information content (AvgIpc) is 2.53. The summed E-state index contributed by atoms with van der Waals surface area (Å²) in [5, 5.41) is 12.3. The summed E-state index contributed by atoms with van der Waals surface area (Å²) in [7, 11) is 1.36. The molecule has 0 amide bonds. The molecule has 1 aromatic carbocycles. The normalized spacial score (nSPS) is 12.1. The number of H-pyrrole nitrogens is 1. The topological polar surface area (TPSA) is 96.3 Å². The molecule has 8 heteroatoms. The van der Waals surface area contributed by atoms with E-state index in [0.29, 0.717) is 11.3 Å². The molecular weight excluding hydrogens is 293 g/mol. The SMILES string of the molecule is COC(CNc1ccccc1CO)n1cc(F)c(=O)[nH]c1=O. The number of aromatic nitrogens is 2. The highest BCUT2D eigenvalue weighted by molar-refractivity contribution is 5.50. The summed E-state index contributed by atoms with van der Waals surface area (Å²) in [5.41, 5.74) is -0.493. The zero-order valence-electron chi connectivity index (χ0n) is 11.9. The number of nitrogens with one attached hydrogen (secondary N) is 2. The minimum atomic E-state index is -1.07. The molecule has 2 aromatic rings. The lowest BCUT2D eigenvalue weighted by molar-refractivity contribution is 0.0501. The van der Waals surface area contributed by atoms with Crippen LogP contribution in [0.2, 0.25) is 0 Å². The standard InChI is InChI=1S/C14H16FN3O4/c1-22-12(18-7-10(15)13(20)17-14(18)21)6-16-11-5-3-2-4-9(11)8-19/h2-5,7,12,16,19H,6,8H2,1H3,(H,17,20,21). The second-order valence-corrected chi connectivity index (χ2v) is 4.53. The van der Waals surface area contributed by atoms with Gasteiger partial charge < -0.3 is 15.2 Å². The number of halogens is 1. The van der Waals surface area contributed by atoms with E-state index in [1.54, 1.807) is 24.3 Å². The summed E-state index contributed by atoms with van der Waals surface area (Å²) in [6.45, 7) is -0.00699. The Kier molecular flexibility index (Phi) is 5.08. The van der Waals surface area contributed by atoms with E-state index in [4.69, 9.17) is 4.74 Å². The highest BCUT2D eigenvalue weighted by Crippen LogP contribution is 2.16. The first-order chi connectivity index (χ1) is 10.6. The highest BCUT2D eigenvalue weighted by atomic mass is 19.1. The Morgan fingerprint density at radius 3 is 2.82 bits per heavy atom. The maximum absolute atomic E-state index is 13.3. The predicted molar refractivity (Wildman–Crippen MR) is 78.2 cm³/mol. The Balaban J connectivity index is 2.21. The molecule has 3 N–H and O–H groups in total. The van der Waals surface area contributed by atoms with Crippen molar-refractivity contribution >= 4 is 5.69 Å². The number of rotatable bonds is 6. The third-order valence-electron chi connectivity index (χ3n) is 3.16. The van der Waals surface area contributed by atoms with Crippen LogP contribution in [0, 0.1) is 5.82 Å². The Bertz CT molecular complexity index is 756. The molecule has 1 unspecified atom stereocenters. The summed E-state index contributed by atoms with van der Waals surface area (Å²) in [6, 6.07) is 7.08. The van der Waals surface area contributed by atoms with Gasteiger partial charge in [-0.2, -0.15) is 4.39 Å². The maximum atomic E-state index is 13.3. The number of methoxy groups -OCH3 is 1. The van der Waals surface area contributed by atoms with E-state index in [-0.39, 0.29) is 13.2 Å². The molecule has 0 aliphatic rings. The van der Waals surface area contributed by atoms with E-state index in [2.05, 4.69) is 5.32 Å². The molecule has 1 aromatic heterocycles. The number of anilines is 1. The van der Waals surface area contributed by atoms with Crippen molar-refractivity contribution < 1.29 is 14.2 Å². The molecule has 1 atom stereocenters. The predicted octanol–water partition coefficient (Wildman–Crippen LogP) is 0.425.